The van der Waals surface area contributed by atoms with Crippen molar-refractivity contribution >= 4 is 11.9 Å². The standard InChI is InChI=1S/C21H25N7O/c1-25(2)20(29)18-8-6-7-17(15-18)16-26-11-13-27(14-12-26)21-22-23-24-28(21)19-9-4-3-5-10-19/h3-10,15H,11-14,16H2,1-2H3. The maximum atomic E-state index is 12.2. The van der Waals surface area contributed by atoms with Crippen LogP contribution in [-0.2, 0) is 6.54 Å². The molecular weight excluding hydrogens is 366 g/mol. The number of anilines is 1. The lowest BCUT2D eigenvalue weighted by atomic mass is 10.1. The van der Waals surface area contributed by atoms with Crippen molar-refractivity contribution in [3.8, 4) is 5.69 Å². The van der Waals surface area contributed by atoms with E-state index in [0.717, 1.165) is 55.5 Å². The summed E-state index contributed by atoms with van der Waals surface area (Å²) in [5.74, 6) is 0.804. The summed E-state index contributed by atoms with van der Waals surface area (Å²) >= 11 is 0. The van der Waals surface area contributed by atoms with Gasteiger partial charge >= 0.3 is 0 Å². The molecule has 1 aromatic heterocycles. The molecule has 8 heteroatoms. The van der Waals surface area contributed by atoms with Gasteiger partial charge in [0.1, 0.15) is 0 Å². The number of para-hydroxylation sites is 1. The minimum absolute atomic E-state index is 0.0319. The highest BCUT2D eigenvalue weighted by atomic mass is 16.2. The molecule has 0 atom stereocenters. The van der Waals surface area contributed by atoms with Crippen molar-refractivity contribution in [1.82, 2.24) is 30.0 Å². The van der Waals surface area contributed by atoms with Crippen LogP contribution in [0.1, 0.15) is 15.9 Å². The van der Waals surface area contributed by atoms with Gasteiger partial charge in [0.05, 0.1) is 5.69 Å². The quantitative estimate of drug-likeness (QED) is 0.659. The minimum atomic E-state index is 0.0319. The van der Waals surface area contributed by atoms with Crippen LogP contribution in [0.2, 0.25) is 0 Å². The van der Waals surface area contributed by atoms with Gasteiger partial charge in [-0.15, -0.1) is 0 Å². The average Bonchev–Trinajstić information content (AvgIpc) is 3.24. The lowest BCUT2D eigenvalue weighted by Gasteiger charge is -2.34. The molecule has 0 aliphatic carbocycles. The van der Waals surface area contributed by atoms with Crippen LogP contribution in [-0.4, -0.2) is 76.2 Å². The number of benzene rings is 2. The zero-order chi connectivity index (χ0) is 20.2. The first kappa shape index (κ1) is 19.1. The van der Waals surface area contributed by atoms with E-state index < -0.39 is 0 Å². The minimum Gasteiger partial charge on any atom is -0.345 e. The van der Waals surface area contributed by atoms with Crippen LogP contribution < -0.4 is 4.90 Å². The predicted molar refractivity (Wildman–Crippen MR) is 111 cm³/mol. The molecule has 1 saturated heterocycles. The molecular formula is C21H25N7O. The molecule has 29 heavy (non-hydrogen) atoms. The molecule has 0 saturated carbocycles. The smallest absolute Gasteiger partial charge is 0.253 e. The predicted octanol–water partition coefficient (Wildman–Crippen LogP) is 1.69. The summed E-state index contributed by atoms with van der Waals surface area (Å²) in [5, 5.41) is 12.3. The molecule has 3 aromatic rings. The molecule has 0 radical (unpaired) electrons. The SMILES string of the molecule is CN(C)C(=O)c1cccc(CN2CCN(c3nnnn3-c3ccccc3)CC2)c1. The number of amides is 1. The summed E-state index contributed by atoms with van der Waals surface area (Å²) < 4.78 is 1.78. The van der Waals surface area contributed by atoms with Crippen LogP contribution in [0.15, 0.2) is 54.6 Å². The number of carbonyl (C=O) groups excluding carboxylic acids is 1. The van der Waals surface area contributed by atoms with E-state index in [-0.39, 0.29) is 5.91 Å². The van der Waals surface area contributed by atoms with Crippen molar-refractivity contribution in [2.24, 2.45) is 0 Å². The van der Waals surface area contributed by atoms with E-state index in [2.05, 4.69) is 31.4 Å². The largest absolute Gasteiger partial charge is 0.345 e. The first-order chi connectivity index (χ1) is 14.1. The molecule has 4 rings (SSSR count). The highest BCUT2D eigenvalue weighted by Gasteiger charge is 2.22. The van der Waals surface area contributed by atoms with E-state index >= 15 is 0 Å². The first-order valence-corrected chi connectivity index (χ1v) is 9.73. The summed E-state index contributed by atoms with van der Waals surface area (Å²) in [6, 6.07) is 17.8. The van der Waals surface area contributed by atoms with Crippen molar-refractivity contribution < 1.29 is 4.79 Å². The number of aromatic nitrogens is 4. The van der Waals surface area contributed by atoms with Gasteiger partial charge in [-0.1, -0.05) is 35.4 Å². The molecule has 0 bridgehead atoms. The van der Waals surface area contributed by atoms with E-state index in [9.17, 15) is 4.79 Å². The fraction of sp³-hybridized carbons (Fsp3) is 0.333. The molecule has 1 aliphatic rings. The molecule has 1 aliphatic heterocycles. The molecule has 1 amide bonds. The van der Waals surface area contributed by atoms with E-state index in [1.165, 1.54) is 0 Å². The Kier molecular flexibility index (Phi) is 5.53. The van der Waals surface area contributed by atoms with Gasteiger partial charge in [-0.25, -0.2) is 0 Å². The maximum Gasteiger partial charge on any atom is 0.253 e. The van der Waals surface area contributed by atoms with Crippen LogP contribution in [0.4, 0.5) is 5.95 Å². The van der Waals surface area contributed by atoms with E-state index in [1.807, 2.05) is 48.5 Å². The van der Waals surface area contributed by atoms with Gasteiger partial charge < -0.3 is 9.80 Å². The number of piperazine rings is 1. The Bertz CT molecular complexity index is 962. The number of rotatable bonds is 5. The van der Waals surface area contributed by atoms with Crippen molar-refractivity contribution in [3.05, 3.63) is 65.7 Å². The number of tetrazole rings is 1. The van der Waals surface area contributed by atoms with Crippen LogP contribution in [0, 0.1) is 0 Å². The Balaban J connectivity index is 1.39. The van der Waals surface area contributed by atoms with Crippen molar-refractivity contribution in [2.45, 2.75) is 6.54 Å². The first-order valence-electron chi connectivity index (χ1n) is 9.73. The molecule has 2 aromatic carbocycles. The van der Waals surface area contributed by atoms with Crippen molar-refractivity contribution in [2.75, 3.05) is 45.2 Å². The number of hydrogen-bond donors (Lipinski definition) is 0. The third kappa shape index (κ3) is 4.27. The van der Waals surface area contributed by atoms with Gasteiger partial charge in [-0.2, -0.15) is 4.68 Å². The molecule has 2 heterocycles. The summed E-state index contributed by atoms with van der Waals surface area (Å²) in [6.45, 7) is 4.35. The third-order valence-corrected chi connectivity index (χ3v) is 5.10. The van der Waals surface area contributed by atoms with Gasteiger partial charge in [0.25, 0.3) is 5.91 Å². The van der Waals surface area contributed by atoms with Gasteiger partial charge in [0.15, 0.2) is 0 Å². The van der Waals surface area contributed by atoms with Gasteiger partial charge in [-0.3, -0.25) is 9.69 Å². The fourth-order valence-corrected chi connectivity index (χ4v) is 3.54. The van der Waals surface area contributed by atoms with Crippen molar-refractivity contribution in [1.29, 1.82) is 0 Å². The molecule has 0 unspecified atom stereocenters. The second-order valence-electron chi connectivity index (χ2n) is 7.39. The number of carbonyl (C=O) groups is 1. The highest BCUT2D eigenvalue weighted by Crippen LogP contribution is 2.18. The summed E-state index contributed by atoms with van der Waals surface area (Å²) in [6.07, 6.45) is 0. The highest BCUT2D eigenvalue weighted by molar-refractivity contribution is 5.94. The zero-order valence-corrected chi connectivity index (χ0v) is 16.8. The zero-order valence-electron chi connectivity index (χ0n) is 16.8. The molecule has 0 spiro atoms. The Morgan fingerprint density at radius 3 is 2.48 bits per heavy atom. The number of nitrogens with zero attached hydrogens (tertiary/aromatic N) is 7. The average molecular weight is 391 g/mol. The fourth-order valence-electron chi connectivity index (χ4n) is 3.54. The number of hydrogen-bond acceptors (Lipinski definition) is 6. The van der Waals surface area contributed by atoms with Gasteiger partial charge in [0, 0.05) is 52.4 Å². The van der Waals surface area contributed by atoms with Crippen LogP contribution in [0.25, 0.3) is 5.69 Å². The van der Waals surface area contributed by atoms with E-state index in [0.29, 0.717) is 0 Å². The molecule has 150 valence electrons. The Hall–Kier alpha value is -3.26. The second kappa shape index (κ2) is 8.40. The third-order valence-electron chi connectivity index (χ3n) is 5.10. The summed E-state index contributed by atoms with van der Waals surface area (Å²) in [5.41, 5.74) is 2.84. The van der Waals surface area contributed by atoms with Crippen LogP contribution in [0.5, 0.6) is 0 Å². The van der Waals surface area contributed by atoms with Crippen molar-refractivity contribution in [3.63, 3.8) is 0 Å². The molecule has 8 nitrogen and oxygen atoms in total. The van der Waals surface area contributed by atoms with Crippen LogP contribution >= 0.6 is 0 Å². The van der Waals surface area contributed by atoms with E-state index in [4.69, 9.17) is 0 Å². The lowest BCUT2D eigenvalue weighted by Crippen LogP contribution is -2.46. The molecule has 1 fully saturated rings. The second-order valence-corrected chi connectivity index (χ2v) is 7.39. The maximum absolute atomic E-state index is 12.2. The van der Waals surface area contributed by atoms with Crippen LogP contribution in [0.3, 0.4) is 0 Å². The Labute approximate surface area is 170 Å². The van der Waals surface area contributed by atoms with Gasteiger partial charge in [-0.05, 0) is 40.3 Å². The molecule has 0 N–H and O–H groups in total. The van der Waals surface area contributed by atoms with E-state index in [1.54, 1.807) is 23.7 Å². The summed E-state index contributed by atoms with van der Waals surface area (Å²) in [4.78, 5) is 18.4. The normalized spacial score (nSPS) is 14.8. The lowest BCUT2D eigenvalue weighted by molar-refractivity contribution is 0.0827. The van der Waals surface area contributed by atoms with Gasteiger partial charge in [0.2, 0.25) is 5.95 Å². The topological polar surface area (TPSA) is 70.4 Å². The Morgan fingerprint density at radius 2 is 1.76 bits per heavy atom. The monoisotopic (exact) mass is 391 g/mol. The summed E-state index contributed by atoms with van der Waals surface area (Å²) in [7, 11) is 3.55. The Morgan fingerprint density at radius 1 is 1.00 bits per heavy atom.